The average Bonchev–Trinajstić information content (AvgIpc) is 2.90. The van der Waals surface area contributed by atoms with Gasteiger partial charge in [-0.05, 0) is 25.1 Å². The molecule has 2 heterocycles. The second-order valence-corrected chi connectivity index (χ2v) is 3.91. The molecule has 0 saturated heterocycles. The molecule has 2 aromatic rings. The van der Waals surface area contributed by atoms with E-state index in [1.165, 1.54) is 0 Å². The van der Waals surface area contributed by atoms with Crippen LogP contribution in [0.25, 0.3) is 0 Å². The Morgan fingerprint density at radius 1 is 1.50 bits per heavy atom. The van der Waals surface area contributed by atoms with Crippen LogP contribution in [0.3, 0.4) is 0 Å². The van der Waals surface area contributed by atoms with Crippen LogP contribution in [0.5, 0.6) is 0 Å². The van der Waals surface area contributed by atoms with Crippen molar-refractivity contribution in [2.75, 3.05) is 6.54 Å². The van der Waals surface area contributed by atoms with E-state index in [9.17, 15) is 0 Å². The van der Waals surface area contributed by atoms with E-state index < -0.39 is 0 Å². The van der Waals surface area contributed by atoms with Crippen molar-refractivity contribution in [3.63, 3.8) is 0 Å². The molecule has 0 bridgehead atoms. The van der Waals surface area contributed by atoms with Crippen molar-refractivity contribution in [3.05, 3.63) is 42.6 Å². The molecule has 1 unspecified atom stereocenters. The molecule has 16 heavy (non-hydrogen) atoms. The highest BCUT2D eigenvalue weighted by Gasteiger charge is 2.04. The summed E-state index contributed by atoms with van der Waals surface area (Å²) in [6, 6.07) is 6.28. The van der Waals surface area contributed by atoms with Gasteiger partial charge in [0.05, 0.1) is 12.8 Å². The predicted molar refractivity (Wildman–Crippen MR) is 62.1 cm³/mol. The van der Waals surface area contributed by atoms with Crippen LogP contribution in [0, 0.1) is 0 Å². The van der Waals surface area contributed by atoms with Crippen molar-refractivity contribution in [1.29, 1.82) is 0 Å². The minimum absolute atomic E-state index is 0.418. The minimum atomic E-state index is 0.418. The highest BCUT2D eigenvalue weighted by Crippen LogP contribution is 2.03. The quantitative estimate of drug-likeness (QED) is 0.804. The van der Waals surface area contributed by atoms with Gasteiger partial charge in [0.25, 0.3) is 0 Å². The fourth-order valence-corrected chi connectivity index (χ4v) is 1.66. The molecule has 1 atom stereocenters. The Bertz CT molecular complexity index is 380. The van der Waals surface area contributed by atoms with E-state index in [2.05, 4.69) is 17.3 Å². The van der Waals surface area contributed by atoms with Crippen LogP contribution in [-0.4, -0.2) is 22.4 Å². The van der Waals surface area contributed by atoms with Crippen LogP contribution < -0.4 is 5.32 Å². The second-order valence-electron chi connectivity index (χ2n) is 3.91. The summed E-state index contributed by atoms with van der Waals surface area (Å²) in [7, 11) is 0. The molecule has 0 amide bonds. The molecule has 1 N–H and O–H groups in total. The Hall–Kier alpha value is -1.55. The van der Waals surface area contributed by atoms with E-state index in [4.69, 9.17) is 4.42 Å². The smallest absolute Gasteiger partial charge is 0.105 e. The van der Waals surface area contributed by atoms with E-state index in [-0.39, 0.29) is 0 Å². The highest BCUT2D eigenvalue weighted by atomic mass is 16.3. The summed E-state index contributed by atoms with van der Waals surface area (Å²) in [5, 5.41) is 7.59. The van der Waals surface area contributed by atoms with Crippen LogP contribution in [0.2, 0.25) is 0 Å². The first-order valence-electron chi connectivity index (χ1n) is 5.58. The van der Waals surface area contributed by atoms with E-state index in [1.54, 1.807) is 12.5 Å². The molecule has 0 radical (unpaired) electrons. The van der Waals surface area contributed by atoms with Crippen LogP contribution in [0.15, 0.2) is 41.3 Å². The van der Waals surface area contributed by atoms with Crippen LogP contribution >= 0.6 is 0 Å². The normalized spacial score (nSPS) is 12.8. The first-order chi connectivity index (χ1) is 7.84. The summed E-state index contributed by atoms with van der Waals surface area (Å²) in [6.07, 6.45) is 6.41. The number of hydrogen-bond acceptors (Lipinski definition) is 3. The number of nitrogens with zero attached hydrogens (tertiary/aromatic N) is 2. The molecule has 0 saturated carbocycles. The summed E-state index contributed by atoms with van der Waals surface area (Å²) in [6.45, 7) is 3.98. The lowest BCUT2D eigenvalue weighted by atomic mass is 10.2. The largest absolute Gasteiger partial charge is 0.469 e. The topological polar surface area (TPSA) is 43.0 Å². The van der Waals surface area contributed by atoms with Gasteiger partial charge in [0.2, 0.25) is 0 Å². The fraction of sp³-hybridized carbons (Fsp3) is 0.417. The maximum Gasteiger partial charge on any atom is 0.105 e. The first kappa shape index (κ1) is 11.0. The van der Waals surface area contributed by atoms with Gasteiger partial charge in [0.15, 0.2) is 0 Å². The monoisotopic (exact) mass is 219 g/mol. The predicted octanol–water partition coefficient (Wildman–Crippen LogP) is 1.70. The van der Waals surface area contributed by atoms with Gasteiger partial charge in [0.1, 0.15) is 5.76 Å². The number of furan rings is 1. The van der Waals surface area contributed by atoms with Gasteiger partial charge in [-0.15, -0.1) is 0 Å². The zero-order valence-corrected chi connectivity index (χ0v) is 9.47. The van der Waals surface area contributed by atoms with Crippen molar-refractivity contribution < 1.29 is 4.42 Å². The van der Waals surface area contributed by atoms with Gasteiger partial charge in [0, 0.05) is 31.4 Å². The van der Waals surface area contributed by atoms with Gasteiger partial charge in [-0.3, -0.25) is 4.68 Å². The van der Waals surface area contributed by atoms with Crippen LogP contribution in [-0.2, 0) is 13.0 Å². The third kappa shape index (κ3) is 3.24. The van der Waals surface area contributed by atoms with Crippen LogP contribution in [0.1, 0.15) is 12.7 Å². The summed E-state index contributed by atoms with van der Waals surface area (Å²) in [5.41, 5.74) is 0. The maximum atomic E-state index is 5.30. The average molecular weight is 219 g/mol. The summed E-state index contributed by atoms with van der Waals surface area (Å²) >= 11 is 0. The molecule has 0 aliphatic carbocycles. The molecule has 4 heteroatoms. The molecule has 0 fully saturated rings. The molecule has 0 spiro atoms. The SMILES string of the molecule is CC(Cc1ccco1)NCCn1cccn1. The molecule has 0 aromatic carbocycles. The number of rotatable bonds is 6. The molecule has 2 aromatic heterocycles. The minimum Gasteiger partial charge on any atom is -0.469 e. The highest BCUT2D eigenvalue weighted by molar-refractivity contribution is 4.99. The van der Waals surface area contributed by atoms with Crippen molar-refractivity contribution in [1.82, 2.24) is 15.1 Å². The zero-order chi connectivity index (χ0) is 11.2. The van der Waals surface area contributed by atoms with Gasteiger partial charge >= 0.3 is 0 Å². The third-order valence-corrected chi connectivity index (χ3v) is 2.48. The molecular formula is C12H17N3O. The summed E-state index contributed by atoms with van der Waals surface area (Å²) in [5.74, 6) is 1.03. The Labute approximate surface area is 95.3 Å². The molecule has 0 aliphatic rings. The molecular weight excluding hydrogens is 202 g/mol. The molecule has 0 aliphatic heterocycles. The Morgan fingerprint density at radius 2 is 2.44 bits per heavy atom. The second kappa shape index (κ2) is 5.51. The number of hydrogen-bond donors (Lipinski definition) is 1. The van der Waals surface area contributed by atoms with Crippen LogP contribution in [0.4, 0.5) is 0 Å². The maximum absolute atomic E-state index is 5.30. The van der Waals surface area contributed by atoms with Gasteiger partial charge in [-0.1, -0.05) is 0 Å². The lowest BCUT2D eigenvalue weighted by Crippen LogP contribution is -2.31. The molecule has 2 rings (SSSR count). The Balaban J connectivity index is 1.66. The lowest BCUT2D eigenvalue weighted by molar-refractivity contribution is 0.443. The Kier molecular flexibility index (Phi) is 3.77. The van der Waals surface area contributed by atoms with Gasteiger partial charge in [-0.25, -0.2) is 0 Å². The fourth-order valence-electron chi connectivity index (χ4n) is 1.66. The molecule has 86 valence electrons. The van der Waals surface area contributed by atoms with E-state index in [0.29, 0.717) is 6.04 Å². The van der Waals surface area contributed by atoms with Crippen molar-refractivity contribution in [3.8, 4) is 0 Å². The number of nitrogens with one attached hydrogen (secondary N) is 1. The van der Waals surface area contributed by atoms with Gasteiger partial charge in [-0.2, -0.15) is 5.10 Å². The lowest BCUT2D eigenvalue weighted by Gasteiger charge is -2.12. The summed E-state index contributed by atoms with van der Waals surface area (Å²) in [4.78, 5) is 0. The zero-order valence-electron chi connectivity index (χ0n) is 9.47. The first-order valence-corrected chi connectivity index (χ1v) is 5.58. The van der Waals surface area contributed by atoms with E-state index in [0.717, 1.165) is 25.3 Å². The van der Waals surface area contributed by atoms with E-state index in [1.807, 2.05) is 29.1 Å². The van der Waals surface area contributed by atoms with Gasteiger partial charge < -0.3 is 9.73 Å². The van der Waals surface area contributed by atoms with Crippen molar-refractivity contribution >= 4 is 0 Å². The van der Waals surface area contributed by atoms with E-state index >= 15 is 0 Å². The van der Waals surface area contributed by atoms with Crippen molar-refractivity contribution in [2.24, 2.45) is 0 Å². The number of aromatic nitrogens is 2. The van der Waals surface area contributed by atoms with Crippen molar-refractivity contribution in [2.45, 2.75) is 25.9 Å². The Morgan fingerprint density at radius 3 is 3.12 bits per heavy atom. The summed E-state index contributed by atoms with van der Waals surface area (Å²) < 4.78 is 7.22. The molecule has 4 nitrogen and oxygen atoms in total. The third-order valence-electron chi connectivity index (χ3n) is 2.48. The standard InChI is InChI=1S/C12H17N3O/c1-11(10-12-4-2-9-16-12)13-6-8-15-7-3-5-14-15/h2-5,7,9,11,13H,6,8,10H2,1H3.